The molecule has 0 spiro atoms. The largest absolute Gasteiger partial charge is 0.262 e. The van der Waals surface area contributed by atoms with Crippen LogP contribution in [0.15, 0.2) is 24.3 Å². The molecule has 2 rings (SSSR count). The van der Waals surface area contributed by atoms with Crippen LogP contribution in [0.25, 0.3) is 11.4 Å². The summed E-state index contributed by atoms with van der Waals surface area (Å²) >= 11 is 0. The van der Waals surface area contributed by atoms with E-state index in [1.165, 1.54) is 12.1 Å². The standard InChI is InChI=1S/C14H19FN4O2S/c1-10(2)7-8-22(20,21)16-9-13-17-14(19-18-13)11-3-5-12(15)6-4-11/h3-6,10,16H,7-9H2,1-2H3,(H,17,18,19). The molecule has 8 heteroatoms. The second-order valence-corrected chi connectivity index (χ2v) is 7.36. The number of hydrogen-bond acceptors (Lipinski definition) is 4. The third-order valence-corrected chi connectivity index (χ3v) is 4.41. The highest BCUT2D eigenvalue weighted by atomic mass is 32.2. The molecule has 0 atom stereocenters. The number of aromatic amines is 1. The van der Waals surface area contributed by atoms with Gasteiger partial charge in [0.25, 0.3) is 0 Å². The second kappa shape index (κ2) is 6.97. The lowest BCUT2D eigenvalue weighted by molar-refractivity contribution is 0.560. The summed E-state index contributed by atoms with van der Waals surface area (Å²) in [6.45, 7) is 4.00. The Balaban J connectivity index is 1.96. The highest BCUT2D eigenvalue weighted by Crippen LogP contribution is 2.14. The SMILES string of the molecule is CC(C)CCS(=O)(=O)NCc1nc(-c2ccc(F)cc2)n[nH]1. The molecular formula is C14H19FN4O2S. The van der Waals surface area contributed by atoms with E-state index in [-0.39, 0.29) is 18.1 Å². The molecule has 120 valence electrons. The number of rotatable bonds is 7. The van der Waals surface area contributed by atoms with Gasteiger partial charge in [0.15, 0.2) is 5.82 Å². The van der Waals surface area contributed by atoms with Gasteiger partial charge in [-0.3, -0.25) is 5.10 Å². The highest BCUT2D eigenvalue weighted by Gasteiger charge is 2.13. The number of benzene rings is 1. The molecule has 22 heavy (non-hydrogen) atoms. The van der Waals surface area contributed by atoms with Crippen LogP contribution in [0.4, 0.5) is 4.39 Å². The van der Waals surface area contributed by atoms with E-state index in [1.54, 1.807) is 12.1 Å². The molecule has 1 aromatic carbocycles. The molecule has 0 fully saturated rings. The van der Waals surface area contributed by atoms with Gasteiger partial charge in [-0.1, -0.05) is 13.8 Å². The molecule has 0 aliphatic carbocycles. The Hall–Kier alpha value is -1.80. The molecule has 1 heterocycles. The lowest BCUT2D eigenvalue weighted by Crippen LogP contribution is -2.27. The van der Waals surface area contributed by atoms with Gasteiger partial charge in [-0.05, 0) is 36.6 Å². The van der Waals surface area contributed by atoms with Gasteiger partial charge in [0.2, 0.25) is 10.0 Å². The number of aromatic nitrogens is 3. The molecular weight excluding hydrogens is 307 g/mol. The van der Waals surface area contributed by atoms with Crippen molar-refractivity contribution >= 4 is 10.0 Å². The first-order chi connectivity index (χ1) is 10.4. The van der Waals surface area contributed by atoms with Crippen LogP contribution >= 0.6 is 0 Å². The number of H-pyrrole nitrogens is 1. The fraction of sp³-hybridized carbons (Fsp3) is 0.429. The van der Waals surface area contributed by atoms with Crippen LogP contribution < -0.4 is 4.72 Å². The molecule has 0 amide bonds. The fourth-order valence-electron chi connectivity index (χ4n) is 1.74. The number of hydrogen-bond donors (Lipinski definition) is 2. The Morgan fingerprint density at radius 1 is 1.27 bits per heavy atom. The molecule has 0 bridgehead atoms. The summed E-state index contributed by atoms with van der Waals surface area (Å²) in [7, 11) is -3.32. The van der Waals surface area contributed by atoms with Gasteiger partial charge in [0.1, 0.15) is 11.6 Å². The summed E-state index contributed by atoms with van der Waals surface area (Å²) in [6, 6.07) is 5.77. The average Bonchev–Trinajstić information content (AvgIpc) is 2.93. The van der Waals surface area contributed by atoms with Gasteiger partial charge in [0, 0.05) is 5.56 Å². The third kappa shape index (κ3) is 4.88. The van der Waals surface area contributed by atoms with Crippen LogP contribution in [0, 0.1) is 11.7 Å². The molecule has 2 N–H and O–H groups in total. The Labute approximate surface area is 129 Å². The van der Waals surface area contributed by atoms with Gasteiger partial charge in [-0.15, -0.1) is 0 Å². The number of nitrogens with one attached hydrogen (secondary N) is 2. The molecule has 0 saturated carbocycles. The third-order valence-electron chi connectivity index (χ3n) is 3.06. The Kier molecular flexibility index (Phi) is 5.25. The smallest absolute Gasteiger partial charge is 0.212 e. The number of halogens is 1. The summed E-state index contributed by atoms with van der Waals surface area (Å²) in [6.07, 6.45) is 0.604. The Bertz CT molecular complexity index is 711. The van der Waals surface area contributed by atoms with Gasteiger partial charge < -0.3 is 0 Å². The highest BCUT2D eigenvalue weighted by molar-refractivity contribution is 7.89. The molecule has 0 unspecified atom stereocenters. The minimum absolute atomic E-state index is 0.0502. The van der Waals surface area contributed by atoms with Crippen molar-refractivity contribution in [3.05, 3.63) is 35.9 Å². The first-order valence-corrected chi connectivity index (χ1v) is 8.65. The molecule has 2 aromatic rings. The molecule has 1 aromatic heterocycles. The minimum Gasteiger partial charge on any atom is -0.262 e. The lowest BCUT2D eigenvalue weighted by atomic mass is 10.2. The van der Waals surface area contributed by atoms with E-state index in [4.69, 9.17) is 0 Å². The average molecular weight is 326 g/mol. The number of sulfonamides is 1. The van der Waals surface area contributed by atoms with E-state index in [9.17, 15) is 12.8 Å². The summed E-state index contributed by atoms with van der Waals surface area (Å²) < 4.78 is 39.0. The van der Waals surface area contributed by atoms with Crippen molar-refractivity contribution in [1.82, 2.24) is 19.9 Å². The summed E-state index contributed by atoms with van der Waals surface area (Å²) in [5, 5.41) is 6.67. The van der Waals surface area contributed by atoms with Crippen LogP contribution in [0.1, 0.15) is 26.1 Å². The van der Waals surface area contributed by atoms with E-state index < -0.39 is 10.0 Å². The predicted molar refractivity (Wildman–Crippen MR) is 81.9 cm³/mol. The zero-order valence-electron chi connectivity index (χ0n) is 12.5. The van der Waals surface area contributed by atoms with Gasteiger partial charge in [-0.2, -0.15) is 5.10 Å². The first-order valence-electron chi connectivity index (χ1n) is 7.00. The van der Waals surface area contributed by atoms with Crippen molar-refractivity contribution in [2.24, 2.45) is 5.92 Å². The maximum atomic E-state index is 12.9. The monoisotopic (exact) mass is 326 g/mol. The van der Waals surface area contributed by atoms with Crippen molar-refractivity contribution < 1.29 is 12.8 Å². The minimum atomic E-state index is -3.32. The van der Waals surface area contributed by atoms with Crippen molar-refractivity contribution in [1.29, 1.82) is 0 Å². The predicted octanol–water partition coefficient (Wildman–Crippen LogP) is 2.08. The van der Waals surface area contributed by atoms with Crippen molar-refractivity contribution in [3.63, 3.8) is 0 Å². The first kappa shape index (κ1) is 16.6. The zero-order valence-corrected chi connectivity index (χ0v) is 13.3. The van der Waals surface area contributed by atoms with Gasteiger partial charge in [-0.25, -0.2) is 22.5 Å². The fourth-order valence-corrected chi connectivity index (χ4v) is 3.03. The van der Waals surface area contributed by atoms with Crippen LogP contribution in [0.2, 0.25) is 0 Å². The van der Waals surface area contributed by atoms with E-state index >= 15 is 0 Å². The van der Waals surface area contributed by atoms with E-state index in [0.717, 1.165) is 0 Å². The lowest BCUT2D eigenvalue weighted by Gasteiger charge is -2.06. The maximum Gasteiger partial charge on any atom is 0.212 e. The van der Waals surface area contributed by atoms with E-state index in [0.29, 0.717) is 29.6 Å². The second-order valence-electron chi connectivity index (χ2n) is 5.44. The topological polar surface area (TPSA) is 87.7 Å². The molecule has 0 aliphatic heterocycles. The molecule has 0 aliphatic rings. The summed E-state index contributed by atoms with van der Waals surface area (Å²) in [5.41, 5.74) is 0.659. The molecule has 0 radical (unpaired) electrons. The van der Waals surface area contributed by atoms with Crippen molar-refractivity contribution in [2.75, 3.05) is 5.75 Å². The quantitative estimate of drug-likeness (QED) is 0.815. The van der Waals surface area contributed by atoms with Crippen LogP contribution in [0.3, 0.4) is 0 Å². The summed E-state index contributed by atoms with van der Waals surface area (Å²) in [5.74, 6) is 0.886. The van der Waals surface area contributed by atoms with E-state index in [2.05, 4.69) is 19.9 Å². The maximum absolute atomic E-state index is 12.9. The van der Waals surface area contributed by atoms with Crippen LogP contribution in [0.5, 0.6) is 0 Å². The Morgan fingerprint density at radius 2 is 1.95 bits per heavy atom. The normalized spacial score (nSPS) is 12.0. The Morgan fingerprint density at radius 3 is 2.59 bits per heavy atom. The van der Waals surface area contributed by atoms with Crippen LogP contribution in [-0.2, 0) is 16.6 Å². The van der Waals surface area contributed by atoms with Crippen LogP contribution in [-0.4, -0.2) is 29.4 Å². The zero-order chi connectivity index (χ0) is 16.2. The van der Waals surface area contributed by atoms with Crippen molar-refractivity contribution in [3.8, 4) is 11.4 Å². The molecule has 0 saturated heterocycles. The summed E-state index contributed by atoms with van der Waals surface area (Å²) in [4.78, 5) is 4.19. The number of nitrogens with zero attached hydrogens (tertiary/aromatic N) is 2. The van der Waals surface area contributed by atoms with E-state index in [1.807, 2.05) is 13.8 Å². The van der Waals surface area contributed by atoms with Gasteiger partial charge >= 0.3 is 0 Å². The van der Waals surface area contributed by atoms with Crippen molar-refractivity contribution in [2.45, 2.75) is 26.8 Å². The molecule has 6 nitrogen and oxygen atoms in total. The van der Waals surface area contributed by atoms with Gasteiger partial charge in [0.05, 0.1) is 12.3 Å².